The molecule has 1 aromatic rings. The van der Waals surface area contributed by atoms with Crippen molar-refractivity contribution in [3.8, 4) is 0 Å². The third kappa shape index (κ3) is 3.54. The Kier molecular flexibility index (Phi) is 4.11. The molecule has 6 heteroatoms. The second-order valence-corrected chi connectivity index (χ2v) is 4.05. The fourth-order valence-electron chi connectivity index (χ4n) is 1.90. The van der Waals surface area contributed by atoms with E-state index < -0.39 is 4.92 Å². The fourth-order valence-corrected chi connectivity index (χ4v) is 1.90. The normalized spacial score (nSPS) is 17.2. The Morgan fingerprint density at radius 3 is 2.76 bits per heavy atom. The number of ether oxygens (including phenoxy) is 1. The highest BCUT2D eigenvalue weighted by atomic mass is 16.6. The zero-order valence-electron chi connectivity index (χ0n) is 9.63. The lowest BCUT2D eigenvalue weighted by molar-refractivity contribution is -0.402. The van der Waals surface area contributed by atoms with Crippen molar-refractivity contribution in [3.63, 3.8) is 0 Å². The zero-order chi connectivity index (χ0) is 12.1. The van der Waals surface area contributed by atoms with Gasteiger partial charge in [0.25, 0.3) is 0 Å². The Balaban J connectivity index is 1.71. The minimum atomic E-state index is -0.508. The minimum absolute atomic E-state index is 0.175. The molecule has 0 aromatic carbocycles. The first-order chi connectivity index (χ1) is 8.25. The Labute approximate surface area is 99.3 Å². The van der Waals surface area contributed by atoms with Crippen molar-refractivity contribution in [2.45, 2.75) is 12.8 Å². The molecule has 0 amide bonds. The highest BCUT2D eigenvalue weighted by molar-refractivity contribution is 5.17. The predicted molar refractivity (Wildman–Crippen MR) is 60.9 cm³/mol. The molecule has 2 rings (SSSR count). The van der Waals surface area contributed by atoms with Crippen molar-refractivity contribution in [2.24, 2.45) is 0 Å². The van der Waals surface area contributed by atoms with Crippen LogP contribution >= 0.6 is 0 Å². The summed E-state index contributed by atoms with van der Waals surface area (Å²) in [7, 11) is 0. The lowest BCUT2D eigenvalue weighted by Crippen LogP contribution is -2.36. The van der Waals surface area contributed by atoms with Gasteiger partial charge in [-0.3, -0.25) is 15.0 Å². The number of rotatable bonds is 5. The molecule has 0 saturated carbocycles. The van der Waals surface area contributed by atoms with Crippen LogP contribution in [-0.2, 0) is 11.2 Å². The molecule has 1 saturated heterocycles. The van der Waals surface area contributed by atoms with E-state index >= 15 is 0 Å². The molecule has 0 aliphatic carbocycles. The molecule has 0 bridgehead atoms. The molecule has 1 fully saturated rings. The van der Waals surface area contributed by atoms with Gasteiger partial charge in [-0.1, -0.05) is 0 Å². The summed E-state index contributed by atoms with van der Waals surface area (Å²) < 4.78 is 10.4. The van der Waals surface area contributed by atoms with Crippen molar-refractivity contribution < 1.29 is 14.1 Å². The van der Waals surface area contributed by atoms with Crippen LogP contribution in [0.15, 0.2) is 16.5 Å². The van der Waals surface area contributed by atoms with Crippen molar-refractivity contribution in [2.75, 3.05) is 32.8 Å². The van der Waals surface area contributed by atoms with Gasteiger partial charge in [-0.2, -0.15) is 0 Å². The van der Waals surface area contributed by atoms with E-state index in [9.17, 15) is 10.1 Å². The maximum atomic E-state index is 10.4. The molecule has 1 aliphatic rings. The molecule has 0 atom stereocenters. The maximum Gasteiger partial charge on any atom is 0.433 e. The Hall–Kier alpha value is -1.40. The zero-order valence-corrected chi connectivity index (χ0v) is 9.63. The molecule has 0 unspecified atom stereocenters. The smallest absolute Gasteiger partial charge is 0.406 e. The summed E-state index contributed by atoms with van der Waals surface area (Å²) in [6, 6.07) is 3.08. The van der Waals surface area contributed by atoms with Gasteiger partial charge in [0.15, 0.2) is 0 Å². The molecule has 0 radical (unpaired) electrons. The Morgan fingerprint density at radius 2 is 2.12 bits per heavy atom. The van der Waals surface area contributed by atoms with Crippen LogP contribution in [0.25, 0.3) is 0 Å². The van der Waals surface area contributed by atoms with Crippen LogP contribution in [0.1, 0.15) is 12.2 Å². The van der Waals surface area contributed by atoms with Crippen LogP contribution < -0.4 is 0 Å². The third-order valence-corrected chi connectivity index (χ3v) is 2.83. The van der Waals surface area contributed by atoms with E-state index in [1.165, 1.54) is 6.07 Å². The number of nitro groups is 1. The monoisotopic (exact) mass is 240 g/mol. The van der Waals surface area contributed by atoms with Gasteiger partial charge in [-0.05, 0) is 19.0 Å². The number of hydrogen-bond donors (Lipinski definition) is 0. The quantitative estimate of drug-likeness (QED) is 0.575. The average molecular weight is 240 g/mol. The molecule has 0 N–H and O–H groups in total. The summed E-state index contributed by atoms with van der Waals surface area (Å²) >= 11 is 0. The Bertz CT molecular complexity index is 371. The summed E-state index contributed by atoms with van der Waals surface area (Å²) in [5.41, 5.74) is 0. The molecule has 0 spiro atoms. The van der Waals surface area contributed by atoms with E-state index in [1.54, 1.807) is 6.07 Å². The van der Waals surface area contributed by atoms with Gasteiger partial charge in [0.2, 0.25) is 0 Å². The predicted octanol–water partition coefficient (Wildman–Crippen LogP) is 1.45. The third-order valence-electron chi connectivity index (χ3n) is 2.83. The van der Waals surface area contributed by atoms with E-state index in [-0.39, 0.29) is 5.88 Å². The molecule has 94 valence electrons. The molecule has 17 heavy (non-hydrogen) atoms. The van der Waals surface area contributed by atoms with Crippen molar-refractivity contribution in [3.05, 3.63) is 28.0 Å². The van der Waals surface area contributed by atoms with Gasteiger partial charge in [-0.15, -0.1) is 0 Å². The van der Waals surface area contributed by atoms with Crippen molar-refractivity contribution >= 4 is 5.88 Å². The Morgan fingerprint density at radius 1 is 1.35 bits per heavy atom. The van der Waals surface area contributed by atoms with E-state index in [4.69, 9.17) is 9.15 Å². The largest absolute Gasteiger partial charge is 0.433 e. The van der Waals surface area contributed by atoms with E-state index in [0.29, 0.717) is 5.76 Å². The lowest BCUT2D eigenvalue weighted by Gasteiger charge is -2.26. The number of hydrogen-bond acceptors (Lipinski definition) is 5. The molecule has 1 aromatic heterocycles. The lowest BCUT2D eigenvalue weighted by atomic mass is 10.2. The van der Waals surface area contributed by atoms with Crippen LogP contribution in [-0.4, -0.2) is 42.7 Å². The standard InChI is InChI=1S/C11H16N2O4/c14-13(15)11-4-3-10(17-11)2-1-5-12-6-8-16-9-7-12/h3-4H,1-2,5-9H2. The molecular formula is C11H16N2O4. The second-order valence-electron chi connectivity index (χ2n) is 4.05. The van der Waals surface area contributed by atoms with Crippen LogP contribution in [0.4, 0.5) is 5.88 Å². The van der Waals surface area contributed by atoms with E-state index in [0.717, 1.165) is 45.7 Å². The van der Waals surface area contributed by atoms with Gasteiger partial charge in [-0.25, -0.2) is 0 Å². The van der Waals surface area contributed by atoms with Gasteiger partial charge in [0.1, 0.15) is 10.7 Å². The van der Waals surface area contributed by atoms with Gasteiger partial charge in [0, 0.05) is 19.5 Å². The average Bonchev–Trinajstić information content (AvgIpc) is 2.79. The summed E-state index contributed by atoms with van der Waals surface area (Å²) in [6.07, 6.45) is 1.69. The topological polar surface area (TPSA) is 68.8 Å². The summed E-state index contributed by atoms with van der Waals surface area (Å²) in [5, 5.41) is 10.4. The first-order valence-corrected chi connectivity index (χ1v) is 5.79. The SMILES string of the molecule is O=[N+]([O-])c1ccc(CCCN2CCOCC2)o1. The van der Waals surface area contributed by atoms with Crippen LogP contribution in [0.3, 0.4) is 0 Å². The van der Waals surface area contributed by atoms with Crippen LogP contribution in [0.5, 0.6) is 0 Å². The molecule has 1 aliphatic heterocycles. The number of nitrogens with zero attached hydrogens (tertiary/aromatic N) is 2. The van der Waals surface area contributed by atoms with Crippen molar-refractivity contribution in [1.82, 2.24) is 4.90 Å². The number of morpholine rings is 1. The first kappa shape index (κ1) is 12.1. The van der Waals surface area contributed by atoms with Crippen LogP contribution in [0, 0.1) is 10.1 Å². The van der Waals surface area contributed by atoms with Gasteiger partial charge >= 0.3 is 5.88 Å². The number of aryl methyl sites for hydroxylation is 1. The second kappa shape index (κ2) is 5.79. The number of furan rings is 1. The maximum absolute atomic E-state index is 10.4. The summed E-state index contributed by atoms with van der Waals surface area (Å²) in [6.45, 7) is 4.52. The molecular weight excluding hydrogens is 224 g/mol. The highest BCUT2D eigenvalue weighted by Gasteiger charge is 2.13. The van der Waals surface area contributed by atoms with E-state index in [1.807, 2.05) is 0 Å². The minimum Gasteiger partial charge on any atom is -0.406 e. The fraction of sp³-hybridized carbons (Fsp3) is 0.636. The summed E-state index contributed by atoms with van der Waals surface area (Å²) in [4.78, 5) is 12.3. The highest BCUT2D eigenvalue weighted by Crippen LogP contribution is 2.16. The first-order valence-electron chi connectivity index (χ1n) is 5.79. The summed E-state index contributed by atoms with van der Waals surface area (Å²) in [5.74, 6) is 0.510. The van der Waals surface area contributed by atoms with Gasteiger partial charge < -0.3 is 9.15 Å². The van der Waals surface area contributed by atoms with Crippen molar-refractivity contribution in [1.29, 1.82) is 0 Å². The van der Waals surface area contributed by atoms with Gasteiger partial charge in [0.05, 0.1) is 19.3 Å². The molecule has 6 nitrogen and oxygen atoms in total. The van der Waals surface area contributed by atoms with Crippen LogP contribution in [0.2, 0.25) is 0 Å². The molecule has 2 heterocycles. The van der Waals surface area contributed by atoms with E-state index in [2.05, 4.69) is 4.90 Å².